The van der Waals surface area contributed by atoms with Gasteiger partial charge < -0.3 is 14.2 Å². The number of fused-ring (bicyclic) bond motifs is 1. The van der Waals surface area contributed by atoms with Crippen LogP contribution in [0.4, 0.5) is 0 Å². The highest BCUT2D eigenvalue weighted by molar-refractivity contribution is 6.43. The zero-order valence-corrected chi connectivity index (χ0v) is 16.7. The first-order valence-corrected chi connectivity index (χ1v) is 9.69. The van der Waals surface area contributed by atoms with Crippen LogP contribution in [0.25, 0.3) is 0 Å². The molecular formula is C23H27NO4. The van der Waals surface area contributed by atoms with Crippen molar-refractivity contribution in [3.05, 3.63) is 59.7 Å². The van der Waals surface area contributed by atoms with E-state index in [0.29, 0.717) is 18.6 Å². The molecule has 0 bridgehead atoms. The van der Waals surface area contributed by atoms with Gasteiger partial charge in [-0.15, -0.1) is 0 Å². The second-order valence-corrected chi connectivity index (χ2v) is 7.49. The molecule has 1 heterocycles. The Morgan fingerprint density at radius 2 is 1.86 bits per heavy atom. The summed E-state index contributed by atoms with van der Waals surface area (Å²) in [6.07, 6.45) is 2.52. The standard InChI is InChI=1S/C23H27NO4/c1-4-5-13-26-22(21(25)18-9-7-6-8-10-18)24-23(2,3)15-17-11-12-19-20(14-17)28-16-27-19/h6-12,14H,4-5,13,15-16H2,1-3H3. The number of rotatable bonds is 8. The van der Waals surface area contributed by atoms with Gasteiger partial charge in [-0.05, 0) is 44.4 Å². The number of carbonyl (C=O) groups excluding carboxylic acids is 1. The van der Waals surface area contributed by atoms with Crippen LogP contribution >= 0.6 is 0 Å². The van der Waals surface area contributed by atoms with E-state index in [1.165, 1.54) is 0 Å². The number of hydrogen-bond acceptors (Lipinski definition) is 5. The lowest BCUT2D eigenvalue weighted by atomic mass is 9.95. The molecule has 0 amide bonds. The SMILES string of the molecule is CCCCOC(=NC(C)(C)Cc1ccc2c(c1)OCO2)C(=O)c1ccccc1. The van der Waals surface area contributed by atoms with Gasteiger partial charge in [0.15, 0.2) is 11.5 Å². The first-order valence-electron chi connectivity index (χ1n) is 9.69. The Morgan fingerprint density at radius 3 is 2.61 bits per heavy atom. The van der Waals surface area contributed by atoms with Gasteiger partial charge in [-0.3, -0.25) is 4.79 Å². The number of benzene rings is 2. The number of Topliss-reactive ketones (excluding diaryl/α,β-unsaturated/α-hetero) is 1. The summed E-state index contributed by atoms with van der Waals surface area (Å²) >= 11 is 0. The van der Waals surface area contributed by atoms with Gasteiger partial charge in [0.2, 0.25) is 12.6 Å². The maximum Gasteiger partial charge on any atom is 0.259 e. The highest BCUT2D eigenvalue weighted by atomic mass is 16.7. The van der Waals surface area contributed by atoms with Gasteiger partial charge in [0.1, 0.15) is 0 Å². The van der Waals surface area contributed by atoms with Gasteiger partial charge in [-0.1, -0.05) is 49.7 Å². The Bertz CT molecular complexity index is 843. The van der Waals surface area contributed by atoms with E-state index in [9.17, 15) is 4.79 Å². The van der Waals surface area contributed by atoms with Crippen LogP contribution < -0.4 is 9.47 Å². The van der Waals surface area contributed by atoms with Crippen molar-refractivity contribution in [2.24, 2.45) is 4.99 Å². The largest absolute Gasteiger partial charge is 0.475 e. The van der Waals surface area contributed by atoms with E-state index in [1.54, 1.807) is 12.1 Å². The summed E-state index contributed by atoms with van der Waals surface area (Å²) in [5, 5.41) is 0. The molecule has 0 atom stereocenters. The quantitative estimate of drug-likeness (QED) is 0.284. The maximum absolute atomic E-state index is 12.9. The van der Waals surface area contributed by atoms with E-state index in [0.717, 1.165) is 29.9 Å². The summed E-state index contributed by atoms with van der Waals surface area (Å²) in [4.78, 5) is 17.6. The topological polar surface area (TPSA) is 57.1 Å². The molecule has 2 aromatic carbocycles. The average Bonchev–Trinajstić information content (AvgIpc) is 3.15. The van der Waals surface area contributed by atoms with Crippen molar-refractivity contribution in [1.82, 2.24) is 0 Å². The molecule has 1 aliphatic rings. The summed E-state index contributed by atoms with van der Waals surface area (Å²) in [5.41, 5.74) is 1.13. The van der Waals surface area contributed by atoms with E-state index in [-0.39, 0.29) is 18.5 Å². The molecule has 0 N–H and O–H groups in total. The van der Waals surface area contributed by atoms with Crippen LogP contribution in [-0.2, 0) is 11.2 Å². The molecule has 1 aliphatic heterocycles. The molecule has 0 spiro atoms. The lowest BCUT2D eigenvalue weighted by Crippen LogP contribution is -2.28. The summed E-state index contributed by atoms with van der Waals surface area (Å²) in [7, 11) is 0. The number of unbranched alkanes of at least 4 members (excludes halogenated alkanes) is 1. The van der Waals surface area contributed by atoms with Crippen molar-refractivity contribution in [3.8, 4) is 11.5 Å². The molecular weight excluding hydrogens is 354 g/mol. The number of carbonyl (C=O) groups is 1. The first-order chi connectivity index (χ1) is 13.5. The lowest BCUT2D eigenvalue weighted by molar-refractivity contribution is 0.102. The molecule has 0 saturated heterocycles. The lowest BCUT2D eigenvalue weighted by Gasteiger charge is -2.22. The molecule has 3 rings (SSSR count). The van der Waals surface area contributed by atoms with Gasteiger partial charge in [0, 0.05) is 5.56 Å². The van der Waals surface area contributed by atoms with Crippen LogP contribution in [0.15, 0.2) is 53.5 Å². The Morgan fingerprint density at radius 1 is 1.11 bits per heavy atom. The second kappa shape index (κ2) is 8.91. The smallest absolute Gasteiger partial charge is 0.259 e. The predicted molar refractivity (Wildman–Crippen MR) is 109 cm³/mol. The molecule has 0 saturated carbocycles. The van der Waals surface area contributed by atoms with Crippen LogP contribution in [0.2, 0.25) is 0 Å². The van der Waals surface area contributed by atoms with Crippen LogP contribution in [0.1, 0.15) is 49.5 Å². The summed E-state index contributed by atoms with van der Waals surface area (Å²) < 4.78 is 16.6. The highest BCUT2D eigenvalue weighted by Gasteiger charge is 2.24. The maximum atomic E-state index is 12.9. The predicted octanol–water partition coefficient (Wildman–Crippen LogP) is 4.83. The minimum Gasteiger partial charge on any atom is -0.475 e. The molecule has 148 valence electrons. The summed E-state index contributed by atoms with van der Waals surface area (Å²) in [6.45, 7) is 6.82. The zero-order chi connectivity index (χ0) is 20.0. The Balaban J connectivity index is 1.81. The fourth-order valence-electron chi connectivity index (χ4n) is 3.04. The molecule has 0 unspecified atom stereocenters. The second-order valence-electron chi connectivity index (χ2n) is 7.49. The van der Waals surface area contributed by atoms with E-state index < -0.39 is 5.54 Å². The average molecular weight is 381 g/mol. The van der Waals surface area contributed by atoms with Gasteiger partial charge >= 0.3 is 0 Å². The van der Waals surface area contributed by atoms with E-state index in [1.807, 2.05) is 50.2 Å². The Kier molecular flexibility index (Phi) is 6.34. The van der Waals surface area contributed by atoms with Crippen LogP contribution in [0.3, 0.4) is 0 Å². The Labute approximate surface area is 166 Å². The van der Waals surface area contributed by atoms with E-state index >= 15 is 0 Å². The monoisotopic (exact) mass is 381 g/mol. The summed E-state index contributed by atoms with van der Waals surface area (Å²) in [6, 6.07) is 15.0. The van der Waals surface area contributed by atoms with Crippen molar-refractivity contribution in [2.75, 3.05) is 13.4 Å². The highest BCUT2D eigenvalue weighted by Crippen LogP contribution is 2.33. The van der Waals surface area contributed by atoms with Crippen LogP contribution in [0.5, 0.6) is 11.5 Å². The van der Waals surface area contributed by atoms with Gasteiger partial charge in [-0.25, -0.2) is 4.99 Å². The fraction of sp³-hybridized carbons (Fsp3) is 0.391. The number of hydrogen-bond donors (Lipinski definition) is 0. The minimum atomic E-state index is -0.514. The van der Waals surface area contributed by atoms with Crippen molar-refractivity contribution in [1.29, 1.82) is 0 Å². The molecule has 28 heavy (non-hydrogen) atoms. The normalized spacial score (nSPS) is 13.5. The first kappa shape index (κ1) is 19.9. The number of nitrogens with zero attached hydrogens (tertiary/aromatic N) is 1. The van der Waals surface area contributed by atoms with Crippen molar-refractivity contribution < 1.29 is 19.0 Å². The van der Waals surface area contributed by atoms with Crippen molar-refractivity contribution in [3.63, 3.8) is 0 Å². The number of ketones is 1. The van der Waals surface area contributed by atoms with E-state index in [4.69, 9.17) is 19.2 Å². The number of ether oxygens (including phenoxy) is 3. The fourth-order valence-corrected chi connectivity index (χ4v) is 3.04. The molecule has 2 aromatic rings. The number of aliphatic imine (C=N–C) groups is 1. The van der Waals surface area contributed by atoms with Crippen LogP contribution in [-0.4, -0.2) is 30.6 Å². The van der Waals surface area contributed by atoms with E-state index in [2.05, 4.69) is 6.92 Å². The molecule has 5 nitrogen and oxygen atoms in total. The molecule has 0 aliphatic carbocycles. The van der Waals surface area contributed by atoms with Gasteiger partial charge in [0.05, 0.1) is 12.1 Å². The summed E-state index contributed by atoms with van der Waals surface area (Å²) in [5.74, 6) is 1.49. The molecule has 0 radical (unpaired) electrons. The third kappa shape index (κ3) is 5.12. The third-order valence-corrected chi connectivity index (χ3v) is 4.44. The minimum absolute atomic E-state index is 0.172. The van der Waals surface area contributed by atoms with Crippen LogP contribution in [0, 0.1) is 0 Å². The van der Waals surface area contributed by atoms with Gasteiger partial charge in [-0.2, -0.15) is 0 Å². The molecule has 0 fully saturated rings. The molecule has 0 aromatic heterocycles. The van der Waals surface area contributed by atoms with Gasteiger partial charge in [0.25, 0.3) is 5.90 Å². The van der Waals surface area contributed by atoms with Crippen molar-refractivity contribution in [2.45, 2.75) is 45.6 Å². The third-order valence-electron chi connectivity index (χ3n) is 4.44. The zero-order valence-electron chi connectivity index (χ0n) is 16.7. The molecule has 5 heteroatoms. The Hall–Kier alpha value is -2.82. The van der Waals surface area contributed by atoms with Crippen molar-refractivity contribution >= 4 is 11.7 Å².